The smallest absolute Gasteiger partial charge is 0 e. The van der Waals surface area contributed by atoms with E-state index in [2.05, 4.69) is 0 Å². The van der Waals surface area contributed by atoms with Gasteiger partial charge in [0.2, 0.25) is 0 Å². The summed E-state index contributed by atoms with van der Waals surface area (Å²) in [5.74, 6) is 0. The van der Waals surface area contributed by atoms with Crippen LogP contribution in [-0.2, 0) is 58.8 Å². The van der Waals surface area contributed by atoms with Gasteiger partial charge in [-0.15, -0.1) is 0 Å². The maximum Gasteiger partial charge on any atom is 0 e. The number of halogens is 12. The molecular weight excluding hydrogens is 825 g/mol. The fourth-order valence-electron chi connectivity index (χ4n) is 0. The third kappa shape index (κ3) is 1170. The summed E-state index contributed by atoms with van der Waals surface area (Å²) in [5.41, 5.74) is 0. The van der Waals surface area contributed by atoms with Crippen LogP contribution in [0.1, 0.15) is 55.4 Å². The summed E-state index contributed by atoms with van der Waals surface area (Å²) >= 11 is -9.33. The molecule has 4 nitrogen and oxygen atoms in total. The number of hydrogen-bond acceptors (Lipinski definition) is 4. The first-order valence-electron chi connectivity index (χ1n) is 7.92. The van der Waals surface area contributed by atoms with Crippen molar-refractivity contribution in [3.05, 3.63) is 0 Å². The average Bonchev–Trinajstić information content (AvgIpc) is 2.14. The van der Waals surface area contributed by atoms with Crippen LogP contribution >= 0.6 is 112 Å². The molecule has 0 spiro atoms. The van der Waals surface area contributed by atoms with Crippen LogP contribution in [0, 0.1) is 0 Å². The Labute approximate surface area is 265 Å². The van der Waals surface area contributed by atoms with Crippen LogP contribution in [0.15, 0.2) is 0 Å². The van der Waals surface area contributed by atoms with Gasteiger partial charge in [-0.2, -0.15) is 0 Å². The van der Waals surface area contributed by atoms with Crippen molar-refractivity contribution in [2.24, 2.45) is 0 Å². The largest absolute Gasteiger partial charge is 0 e. The van der Waals surface area contributed by atoms with E-state index in [0.29, 0.717) is 0 Å². The van der Waals surface area contributed by atoms with E-state index in [4.69, 9.17) is 132 Å². The zero-order chi connectivity index (χ0) is 27.8. The van der Waals surface area contributed by atoms with Crippen molar-refractivity contribution >= 4 is 112 Å². The summed E-state index contributed by atoms with van der Waals surface area (Å²) in [6.45, 7) is 13.8. The molecule has 20 heteroatoms. The third-order valence-electron chi connectivity index (χ3n) is 0. The molecule has 0 atom stereocenters. The molecule has 0 aliphatic carbocycles. The predicted octanol–water partition coefficient (Wildman–Crippen LogP) is 9.81. The van der Waals surface area contributed by atoms with E-state index in [1.807, 2.05) is 0 Å². The van der Waals surface area contributed by atoms with E-state index in [-0.39, 0.29) is 46.1 Å². The first-order chi connectivity index (χ1) is 12.9. The van der Waals surface area contributed by atoms with Gasteiger partial charge in [-0.1, -0.05) is 0 Å². The molecule has 32 heavy (non-hydrogen) atoms. The molecule has 204 valence electrons. The van der Waals surface area contributed by atoms with Crippen LogP contribution in [0.5, 0.6) is 0 Å². The Hall–Kier alpha value is 6.18. The quantitative estimate of drug-likeness (QED) is 0.183. The van der Waals surface area contributed by atoms with E-state index in [9.17, 15) is 0 Å². The van der Waals surface area contributed by atoms with Gasteiger partial charge in [0.25, 0.3) is 0 Å². The average molecular weight is 857 g/mol. The molecule has 0 aromatic carbocycles. The summed E-state index contributed by atoms with van der Waals surface area (Å²) in [7, 11) is 60.2. The molecule has 0 radical (unpaired) electrons. The first-order valence-corrected chi connectivity index (χ1v) is 33.7. The molecule has 0 aliphatic rings. The minimum atomic E-state index is -3.11. The fourth-order valence-corrected chi connectivity index (χ4v) is 0. The normalized spacial score (nSPS) is 10.1. The van der Waals surface area contributed by atoms with Gasteiger partial charge >= 0.3 is 149 Å². The first kappa shape index (κ1) is 57.9. The molecular formula is C12H32Cl12O4Ti4. The van der Waals surface area contributed by atoms with E-state index < -0.39 is 37.0 Å². The summed E-state index contributed by atoms with van der Waals surface area (Å²) in [5, 5.41) is 32.2. The zero-order valence-electron chi connectivity index (χ0n) is 18.6. The molecule has 0 amide bonds. The van der Waals surface area contributed by atoms with E-state index in [1.165, 1.54) is 0 Å². The van der Waals surface area contributed by atoms with Gasteiger partial charge in [-0.25, -0.2) is 0 Å². The molecule has 0 saturated carbocycles. The van der Waals surface area contributed by atoms with E-state index in [1.54, 1.807) is 55.4 Å². The zero-order valence-corrected chi connectivity index (χ0v) is 34.0. The van der Waals surface area contributed by atoms with Gasteiger partial charge in [0.05, 0.1) is 0 Å². The minimum absolute atomic E-state index is 0. The predicted molar refractivity (Wildman–Crippen MR) is 140 cm³/mol. The molecule has 0 fully saturated rings. The number of aliphatic hydroxyl groups excluding tert-OH is 4. The maximum absolute atomic E-state index is 8.06. The van der Waals surface area contributed by atoms with Crippen molar-refractivity contribution in [1.82, 2.24) is 0 Å². The molecule has 0 aromatic rings. The van der Waals surface area contributed by atoms with Gasteiger partial charge in [0.15, 0.2) is 0 Å². The van der Waals surface area contributed by atoms with E-state index in [0.717, 1.165) is 0 Å². The van der Waals surface area contributed by atoms with Crippen molar-refractivity contribution in [1.29, 1.82) is 0 Å². The molecule has 4 N–H and O–H groups in total. The van der Waals surface area contributed by atoms with Crippen molar-refractivity contribution in [3.8, 4) is 0 Å². The molecule has 0 aromatic heterocycles. The second kappa shape index (κ2) is 37.2. The molecule has 0 heterocycles. The topological polar surface area (TPSA) is 80.9 Å². The number of rotatable bonds is 0. The van der Waals surface area contributed by atoms with Gasteiger partial charge in [-0.3, -0.25) is 0 Å². The summed E-state index contributed by atoms with van der Waals surface area (Å²) in [4.78, 5) is 0. The Balaban J connectivity index is -0.0000000349. The van der Waals surface area contributed by atoms with Crippen LogP contribution in [0.4, 0.5) is 0 Å². The third-order valence-corrected chi connectivity index (χ3v) is 0. The van der Waals surface area contributed by atoms with Crippen LogP contribution in [0.3, 0.4) is 0 Å². The van der Waals surface area contributed by atoms with Crippen molar-refractivity contribution < 1.29 is 79.2 Å². The molecule has 0 unspecified atom stereocenters. The molecule has 0 aliphatic heterocycles. The Morgan fingerprint density at radius 1 is 0.344 bits per heavy atom. The fraction of sp³-hybridized carbons (Fsp3) is 1.00. The van der Waals surface area contributed by atoms with Crippen LogP contribution in [-0.4, -0.2) is 44.8 Å². The van der Waals surface area contributed by atoms with Crippen LogP contribution in [0.2, 0.25) is 0 Å². The van der Waals surface area contributed by atoms with Crippen LogP contribution in [0.25, 0.3) is 0 Å². The summed E-state index contributed by atoms with van der Waals surface area (Å²) in [6.07, 6.45) is -0.667. The number of aliphatic hydroxyl groups is 4. The number of hydrogen-bond donors (Lipinski definition) is 4. The van der Waals surface area contributed by atoms with Crippen molar-refractivity contribution in [2.75, 3.05) is 0 Å². The van der Waals surface area contributed by atoms with Crippen molar-refractivity contribution in [2.45, 2.75) is 79.8 Å². The standard InChI is InChI=1S/4C3H8O.12ClH.4Ti/c4*1-3(2)4;;;;;;;;;;;;;;;;/h4*3-4H,1-2H3;12*1H;;;;/q;;;;;;;;;;;;;;;;;3*+4/p-12. The van der Waals surface area contributed by atoms with Gasteiger partial charge < -0.3 is 20.4 Å². The van der Waals surface area contributed by atoms with E-state index >= 15 is 0 Å². The van der Waals surface area contributed by atoms with Crippen molar-refractivity contribution in [3.63, 3.8) is 0 Å². The SMILES string of the molecule is CC(C)O.CC(C)O.CC(C)O.CC(C)O.[Cl][Ti]([Cl])([Cl])[Cl].[Cl][Ti]([Cl])([Cl])[Cl].[Cl][Ti]([Cl])([Cl])[Cl].[Ti]. The second-order valence-corrected chi connectivity index (χ2v) is 52.1. The Morgan fingerprint density at radius 3 is 0.344 bits per heavy atom. The van der Waals surface area contributed by atoms with Gasteiger partial charge in [-0.05, 0) is 55.4 Å². The van der Waals surface area contributed by atoms with Gasteiger partial charge in [0.1, 0.15) is 0 Å². The minimum Gasteiger partial charge on any atom is 0 e. The molecule has 0 rings (SSSR count). The monoisotopic (exact) mass is 852 g/mol. The molecule has 0 saturated heterocycles. The Bertz CT molecular complexity index is 234. The Morgan fingerprint density at radius 2 is 0.344 bits per heavy atom. The van der Waals surface area contributed by atoms with Crippen LogP contribution < -0.4 is 0 Å². The summed E-state index contributed by atoms with van der Waals surface area (Å²) in [6, 6.07) is 0. The second-order valence-electron chi connectivity index (χ2n) is 5.66. The maximum atomic E-state index is 8.06. The molecule has 0 bridgehead atoms. The summed E-state index contributed by atoms with van der Waals surface area (Å²) < 4.78 is 0. The Kier molecular flexibility index (Phi) is 67.3. The van der Waals surface area contributed by atoms with Gasteiger partial charge in [0, 0.05) is 46.1 Å².